The van der Waals surface area contributed by atoms with Gasteiger partial charge in [-0.15, -0.1) is 0 Å². The van der Waals surface area contributed by atoms with Crippen LogP contribution in [-0.4, -0.2) is 12.5 Å². The molecule has 5 heteroatoms. The highest BCUT2D eigenvalue weighted by atomic mass is 19.3. The smallest absolute Gasteiger partial charge is 0.387 e. The lowest BCUT2D eigenvalue weighted by molar-refractivity contribution is -0.117. The summed E-state index contributed by atoms with van der Waals surface area (Å²) in [5.41, 5.74) is 1.39. The van der Waals surface area contributed by atoms with Gasteiger partial charge in [0.25, 0.3) is 0 Å². The van der Waals surface area contributed by atoms with Gasteiger partial charge in [0.15, 0.2) is 0 Å². The zero-order valence-corrected chi connectivity index (χ0v) is 12.6. The normalized spacial score (nSPS) is 12.3. The van der Waals surface area contributed by atoms with Gasteiger partial charge in [-0.05, 0) is 24.6 Å². The second-order valence-corrected chi connectivity index (χ2v) is 4.89. The van der Waals surface area contributed by atoms with Gasteiger partial charge < -0.3 is 10.1 Å². The molecule has 0 aliphatic heterocycles. The first kappa shape index (κ1) is 16.7. The lowest BCUT2D eigenvalue weighted by Gasteiger charge is -2.17. The summed E-state index contributed by atoms with van der Waals surface area (Å²) in [4.78, 5) is 11.9. The predicted molar refractivity (Wildman–Crippen MR) is 85.1 cm³/mol. The number of hydrogen-bond acceptors (Lipinski definition) is 2. The van der Waals surface area contributed by atoms with E-state index in [1.54, 1.807) is 31.2 Å². The summed E-state index contributed by atoms with van der Waals surface area (Å²) in [5, 5.41) is 2.73. The average Bonchev–Trinajstić information content (AvgIpc) is 2.54. The molecule has 120 valence electrons. The van der Waals surface area contributed by atoms with Gasteiger partial charge in [0.05, 0.1) is 6.04 Å². The summed E-state index contributed by atoms with van der Waals surface area (Å²) >= 11 is 0. The Bertz CT molecular complexity index is 672. The van der Waals surface area contributed by atoms with Crippen LogP contribution in [0.3, 0.4) is 0 Å². The molecule has 1 amide bonds. The number of carbonyl (C=O) groups excluding carboxylic acids is 1. The monoisotopic (exact) mass is 317 g/mol. The van der Waals surface area contributed by atoms with Gasteiger partial charge in [0, 0.05) is 11.6 Å². The van der Waals surface area contributed by atoms with Crippen LogP contribution in [0.2, 0.25) is 0 Å². The van der Waals surface area contributed by atoms with Gasteiger partial charge in [-0.25, -0.2) is 0 Å². The van der Waals surface area contributed by atoms with E-state index in [9.17, 15) is 13.6 Å². The molecule has 1 atom stereocenters. The lowest BCUT2D eigenvalue weighted by Crippen LogP contribution is -2.25. The molecular weight excluding hydrogens is 300 g/mol. The molecule has 0 radical (unpaired) electrons. The molecule has 0 saturated heterocycles. The second-order valence-electron chi connectivity index (χ2n) is 4.89. The van der Waals surface area contributed by atoms with E-state index in [0.717, 1.165) is 5.56 Å². The Labute approximate surface area is 133 Å². The molecule has 0 heterocycles. The number of hydrogen-bond donors (Lipinski definition) is 1. The molecule has 1 N–H and O–H groups in total. The SMILES string of the molecule is CC(NC(=O)C=Cc1ccccc1)c1ccccc1OC(F)F. The van der Waals surface area contributed by atoms with Crippen LogP contribution >= 0.6 is 0 Å². The van der Waals surface area contributed by atoms with Crippen LogP contribution in [-0.2, 0) is 4.79 Å². The predicted octanol–water partition coefficient (Wildman–Crippen LogP) is 4.18. The first-order chi connectivity index (χ1) is 11.1. The van der Waals surface area contributed by atoms with Gasteiger partial charge in [-0.3, -0.25) is 4.79 Å². The first-order valence-corrected chi connectivity index (χ1v) is 7.13. The maximum Gasteiger partial charge on any atom is 0.387 e. The highest BCUT2D eigenvalue weighted by molar-refractivity contribution is 5.92. The van der Waals surface area contributed by atoms with E-state index in [1.165, 1.54) is 12.1 Å². The van der Waals surface area contributed by atoms with Crippen molar-refractivity contribution < 1.29 is 18.3 Å². The number of carbonyl (C=O) groups is 1. The largest absolute Gasteiger partial charge is 0.434 e. The zero-order valence-electron chi connectivity index (χ0n) is 12.6. The van der Waals surface area contributed by atoms with Crippen LogP contribution in [0.5, 0.6) is 5.75 Å². The van der Waals surface area contributed by atoms with Crippen LogP contribution in [0.1, 0.15) is 24.1 Å². The topological polar surface area (TPSA) is 38.3 Å². The van der Waals surface area contributed by atoms with Crippen molar-refractivity contribution in [1.29, 1.82) is 0 Å². The molecule has 23 heavy (non-hydrogen) atoms. The van der Waals surface area contributed by atoms with Crippen LogP contribution in [0, 0.1) is 0 Å². The minimum absolute atomic E-state index is 0.0577. The third kappa shape index (κ3) is 5.21. The summed E-state index contributed by atoms with van der Waals surface area (Å²) < 4.78 is 29.3. The molecule has 0 aliphatic rings. The quantitative estimate of drug-likeness (QED) is 0.812. The Morgan fingerprint density at radius 1 is 1.09 bits per heavy atom. The highest BCUT2D eigenvalue weighted by Crippen LogP contribution is 2.26. The fraction of sp³-hybridized carbons (Fsp3) is 0.167. The molecule has 0 saturated carbocycles. The van der Waals surface area contributed by atoms with Crippen molar-refractivity contribution >= 4 is 12.0 Å². The molecule has 0 aliphatic carbocycles. The van der Waals surface area contributed by atoms with E-state index < -0.39 is 12.7 Å². The van der Waals surface area contributed by atoms with Crippen molar-refractivity contribution in [2.24, 2.45) is 0 Å². The Balaban J connectivity index is 2.03. The number of alkyl halides is 2. The number of rotatable bonds is 6. The van der Waals surface area contributed by atoms with Crippen LogP contribution < -0.4 is 10.1 Å². The molecule has 2 aromatic carbocycles. The van der Waals surface area contributed by atoms with E-state index in [1.807, 2.05) is 30.3 Å². The molecule has 0 aromatic heterocycles. The lowest BCUT2D eigenvalue weighted by atomic mass is 10.1. The minimum atomic E-state index is -2.91. The van der Waals surface area contributed by atoms with Crippen molar-refractivity contribution in [3.05, 3.63) is 71.8 Å². The summed E-state index contributed by atoms with van der Waals surface area (Å²) in [6.07, 6.45) is 3.09. The first-order valence-electron chi connectivity index (χ1n) is 7.13. The fourth-order valence-electron chi connectivity index (χ4n) is 2.12. The molecule has 0 spiro atoms. The molecule has 2 aromatic rings. The molecule has 3 nitrogen and oxygen atoms in total. The van der Waals surface area contributed by atoms with Crippen molar-refractivity contribution in [3.63, 3.8) is 0 Å². The van der Waals surface area contributed by atoms with E-state index in [-0.39, 0.29) is 11.7 Å². The van der Waals surface area contributed by atoms with E-state index >= 15 is 0 Å². The van der Waals surface area contributed by atoms with E-state index in [2.05, 4.69) is 10.1 Å². The Morgan fingerprint density at radius 3 is 2.43 bits per heavy atom. The second kappa shape index (κ2) is 8.08. The molecule has 1 unspecified atom stereocenters. The molecule has 0 fully saturated rings. The molecule has 0 bridgehead atoms. The standard InChI is InChI=1S/C18H17F2NO2/c1-13(15-9-5-6-10-16(15)23-18(19)20)21-17(22)12-11-14-7-3-2-4-8-14/h2-13,18H,1H3,(H,21,22). The summed E-state index contributed by atoms with van der Waals surface area (Å²) in [7, 11) is 0. The Kier molecular flexibility index (Phi) is 5.86. The van der Waals surface area contributed by atoms with Crippen molar-refractivity contribution in [2.45, 2.75) is 19.6 Å². The maximum absolute atomic E-state index is 12.4. The fourth-order valence-corrected chi connectivity index (χ4v) is 2.12. The number of ether oxygens (including phenoxy) is 1. The number of halogens is 2. The number of nitrogens with one attached hydrogen (secondary N) is 1. The van der Waals surface area contributed by atoms with Crippen molar-refractivity contribution in [3.8, 4) is 5.75 Å². The molecular formula is C18H17F2NO2. The Morgan fingerprint density at radius 2 is 1.74 bits per heavy atom. The van der Waals surface area contributed by atoms with Crippen molar-refractivity contribution in [1.82, 2.24) is 5.32 Å². The van der Waals surface area contributed by atoms with Gasteiger partial charge in [0.2, 0.25) is 5.91 Å². The van der Waals surface area contributed by atoms with Crippen LogP contribution in [0.25, 0.3) is 6.08 Å². The minimum Gasteiger partial charge on any atom is -0.434 e. The maximum atomic E-state index is 12.4. The number of benzene rings is 2. The third-order valence-electron chi connectivity index (χ3n) is 3.19. The number of para-hydroxylation sites is 1. The summed E-state index contributed by atoms with van der Waals surface area (Å²) in [6, 6.07) is 15.3. The van der Waals surface area contributed by atoms with Gasteiger partial charge in [-0.1, -0.05) is 48.5 Å². The van der Waals surface area contributed by atoms with Gasteiger partial charge >= 0.3 is 6.61 Å². The van der Waals surface area contributed by atoms with Gasteiger partial charge in [-0.2, -0.15) is 8.78 Å². The summed E-state index contributed by atoms with van der Waals surface area (Å²) in [5.74, 6) is -0.254. The van der Waals surface area contributed by atoms with Crippen LogP contribution in [0.15, 0.2) is 60.7 Å². The Hall–Kier alpha value is -2.69. The van der Waals surface area contributed by atoms with E-state index in [4.69, 9.17) is 0 Å². The van der Waals surface area contributed by atoms with Gasteiger partial charge in [0.1, 0.15) is 5.75 Å². The van der Waals surface area contributed by atoms with Crippen LogP contribution in [0.4, 0.5) is 8.78 Å². The zero-order chi connectivity index (χ0) is 16.7. The average molecular weight is 317 g/mol. The molecule has 2 rings (SSSR count). The third-order valence-corrected chi connectivity index (χ3v) is 3.19. The summed E-state index contributed by atoms with van der Waals surface area (Å²) in [6.45, 7) is -1.20. The van der Waals surface area contributed by atoms with Crippen molar-refractivity contribution in [2.75, 3.05) is 0 Å². The number of amides is 1. The highest BCUT2D eigenvalue weighted by Gasteiger charge is 2.15. The van der Waals surface area contributed by atoms with E-state index in [0.29, 0.717) is 5.56 Å².